The molecule has 0 amide bonds. The highest BCUT2D eigenvalue weighted by atomic mass is 35.5. The molecular formula is C19H13Cl5N2O3. The van der Waals surface area contributed by atoms with Crippen molar-refractivity contribution in [2.45, 2.75) is 13.5 Å². The standard InChI is InChI=1S/C19H13Cl5N2O3/c1-9-12(7-26(2)25-9)13(27)6-5-10-3-4-11(29-10)8-28-19-17(23)15(21)14(20)16(22)18(19)24/h3-7H,8H2,1-2H3/b6-5+. The number of carbonyl (C=O) groups excluding carboxylic acids is 1. The maximum absolute atomic E-state index is 12.3. The number of halogens is 5. The van der Waals surface area contributed by atoms with Gasteiger partial charge in [0.1, 0.15) is 28.2 Å². The van der Waals surface area contributed by atoms with Crippen molar-refractivity contribution < 1.29 is 13.9 Å². The van der Waals surface area contributed by atoms with Crippen LogP contribution in [0.15, 0.2) is 28.8 Å². The number of benzene rings is 1. The molecule has 5 nitrogen and oxygen atoms in total. The first-order valence-electron chi connectivity index (χ1n) is 8.14. The van der Waals surface area contributed by atoms with E-state index in [1.54, 1.807) is 43.1 Å². The molecule has 10 heteroatoms. The normalized spacial score (nSPS) is 11.4. The summed E-state index contributed by atoms with van der Waals surface area (Å²) in [5.41, 5.74) is 1.18. The molecule has 29 heavy (non-hydrogen) atoms. The molecule has 0 radical (unpaired) electrons. The number of ketones is 1. The van der Waals surface area contributed by atoms with Gasteiger partial charge in [-0.15, -0.1) is 0 Å². The average Bonchev–Trinajstić information content (AvgIpc) is 3.28. The number of ether oxygens (including phenoxy) is 1. The summed E-state index contributed by atoms with van der Waals surface area (Å²) >= 11 is 30.3. The molecule has 0 bridgehead atoms. The first kappa shape index (κ1) is 22.1. The fourth-order valence-electron chi connectivity index (χ4n) is 2.51. The van der Waals surface area contributed by atoms with Crippen LogP contribution in [-0.2, 0) is 13.7 Å². The fraction of sp³-hybridized carbons (Fsp3) is 0.158. The Hall–Kier alpha value is -1.63. The van der Waals surface area contributed by atoms with Crippen LogP contribution in [0.5, 0.6) is 5.75 Å². The molecule has 3 rings (SSSR count). The van der Waals surface area contributed by atoms with Gasteiger partial charge in [0.05, 0.1) is 26.3 Å². The van der Waals surface area contributed by atoms with E-state index >= 15 is 0 Å². The molecule has 152 valence electrons. The number of aryl methyl sites for hydroxylation is 2. The third-order valence-electron chi connectivity index (χ3n) is 3.89. The summed E-state index contributed by atoms with van der Waals surface area (Å²) in [6.45, 7) is 1.78. The highest BCUT2D eigenvalue weighted by Gasteiger charge is 2.21. The highest BCUT2D eigenvalue weighted by Crippen LogP contribution is 2.48. The van der Waals surface area contributed by atoms with Crippen LogP contribution >= 0.6 is 58.0 Å². The van der Waals surface area contributed by atoms with Crippen molar-refractivity contribution in [3.05, 3.63) is 72.3 Å². The van der Waals surface area contributed by atoms with E-state index in [1.165, 1.54) is 6.08 Å². The molecule has 0 atom stereocenters. The highest BCUT2D eigenvalue weighted by molar-refractivity contribution is 6.55. The van der Waals surface area contributed by atoms with Gasteiger partial charge < -0.3 is 9.15 Å². The maximum atomic E-state index is 12.3. The third-order valence-corrected chi connectivity index (χ3v) is 6.13. The van der Waals surface area contributed by atoms with Crippen molar-refractivity contribution in [2.75, 3.05) is 0 Å². The van der Waals surface area contributed by atoms with Gasteiger partial charge in [0.25, 0.3) is 0 Å². The van der Waals surface area contributed by atoms with E-state index in [0.29, 0.717) is 22.8 Å². The van der Waals surface area contributed by atoms with Crippen molar-refractivity contribution in [2.24, 2.45) is 7.05 Å². The van der Waals surface area contributed by atoms with Gasteiger partial charge in [0.2, 0.25) is 0 Å². The summed E-state index contributed by atoms with van der Waals surface area (Å²) in [4.78, 5) is 12.3. The van der Waals surface area contributed by atoms with E-state index in [1.807, 2.05) is 0 Å². The van der Waals surface area contributed by atoms with Crippen LogP contribution in [-0.4, -0.2) is 15.6 Å². The third kappa shape index (κ3) is 4.76. The average molecular weight is 495 g/mol. The Kier molecular flexibility index (Phi) is 6.87. The summed E-state index contributed by atoms with van der Waals surface area (Å²) in [7, 11) is 1.76. The summed E-state index contributed by atoms with van der Waals surface area (Å²) in [5.74, 6) is 0.879. The summed E-state index contributed by atoms with van der Waals surface area (Å²) < 4.78 is 12.8. The van der Waals surface area contributed by atoms with E-state index in [4.69, 9.17) is 67.2 Å². The van der Waals surface area contributed by atoms with E-state index in [2.05, 4.69) is 5.10 Å². The molecule has 0 N–H and O–H groups in total. The largest absolute Gasteiger partial charge is 0.482 e. The number of allylic oxidation sites excluding steroid dienone is 1. The number of carbonyl (C=O) groups is 1. The van der Waals surface area contributed by atoms with E-state index in [9.17, 15) is 4.79 Å². The summed E-state index contributed by atoms with van der Waals surface area (Å²) in [6, 6.07) is 3.39. The van der Waals surface area contributed by atoms with Gasteiger partial charge in [-0.1, -0.05) is 58.0 Å². The van der Waals surface area contributed by atoms with Gasteiger partial charge >= 0.3 is 0 Å². The number of rotatable bonds is 6. The predicted octanol–water partition coefficient (Wildman–Crippen LogP) is 7.06. The Morgan fingerprint density at radius 1 is 1.10 bits per heavy atom. The van der Waals surface area contributed by atoms with E-state index in [-0.39, 0.29) is 43.3 Å². The Morgan fingerprint density at radius 2 is 1.72 bits per heavy atom. The molecule has 2 heterocycles. The lowest BCUT2D eigenvalue weighted by Gasteiger charge is -2.12. The van der Waals surface area contributed by atoms with E-state index < -0.39 is 0 Å². The van der Waals surface area contributed by atoms with Crippen LogP contribution in [0.2, 0.25) is 25.1 Å². The monoisotopic (exact) mass is 492 g/mol. The first-order chi connectivity index (χ1) is 13.7. The lowest BCUT2D eigenvalue weighted by atomic mass is 10.1. The van der Waals surface area contributed by atoms with Gasteiger partial charge in [0, 0.05) is 13.2 Å². The van der Waals surface area contributed by atoms with Gasteiger partial charge in [-0.3, -0.25) is 9.48 Å². The van der Waals surface area contributed by atoms with Crippen molar-refractivity contribution in [3.8, 4) is 5.75 Å². The molecule has 0 spiro atoms. The lowest BCUT2D eigenvalue weighted by molar-refractivity contribution is 0.104. The zero-order valence-electron chi connectivity index (χ0n) is 15.1. The minimum absolute atomic E-state index is 0.0111. The molecule has 3 aromatic rings. The molecule has 0 fully saturated rings. The van der Waals surface area contributed by atoms with Gasteiger partial charge in [-0.05, 0) is 31.2 Å². The minimum Gasteiger partial charge on any atom is -0.482 e. The molecule has 1 aromatic carbocycles. The Labute approximate surface area is 191 Å². The van der Waals surface area contributed by atoms with Gasteiger partial charge in [0.15, 0.2) is 11.5 Å². The van der Waals surface area contributed by atoms with Crippen LogP contribution in [0.1, 0.15) is 27.6 Å². The Morgan fingerprint density at radius 3 is 2.31 bits per heavy atom. The molecule has 0 aliphatic heterocycles. The van der Waals surface area contributed by atoms with Crippen molar-refractivity contribution in [1.82, 2.24) is 9.78 Å². The van der Waals surface area contributed by atoms with Crippen LogP contribution in [0.25, 0.3) is 6.08 Å². The maximum Gasteiger partial charge on any atom is 0.189 e. The molecule has 0 aliphatic carbocycles. The number of nitrogens with zero attached hydrogens (tertiary/aromatic N) is 2. The zero-order valence-corrected chi connectivity index (χ0v) is 18.9. The topological polar surface area (TPSA) is 57.3 Å². The molecule has 0 saturated heterocycles. The SMILES string of the molecule is Cc1nn(C)cc1C(=O)/C=C/c1ccc(COc2c(Cl)c(Cl)c(Cl)c(Cl)c2Cl)o1. The number of aromatic nitrogens is 2. The Balaban J connectivity index is 1.70. The minimum atomic E-state index is -0.172. The molecule has 0 saturated carbocycles. The van der Waals surface area contributed by atoms with Crippen molar-refractivity contribution in [1.29, 1.82) is 0 Å². The van der Waals surface area contributed by atoms with Crippen molar-refractivity contribution in [3.63, 3.8) is 0 Å². The lowest BCUT2D eigenvalue weighted by Crippen LogP contribution is -1.96. The summed E-state index contributed by atoms with van der Waals surface area (Å²) in [6.07, 6.45) is 4.65. The second-order valence-electron chi connectivity index (χ2n) is 5.99. The van der Waals surface area contributed by atoms with Gasteiger partial charge in [-0.25, -0.2) is 0 Å². The zero-order chi connectivity index (χ0) is 21.3. The second kappa shape index (κ2) is 9.02. The molecule has 2 aromatic heterocycles. The molecular weight excluding hydrogens is 481 g/mol. The molecule has 0 unspecified atom stereocenters. The van der Waals surface area contributed by atoms with Crippen LogP contribution < -0.4 is 4.74 Å². The fourth-order valence-corrected chi connectivity index (χ4v) is 3.74. The van der Waals surface area contributed by atoms with Crippen LogP contribution in [0.4, 0.5) is 0 Å². The summed E-state index contributed by atoms with van der Waals surface area (Å²) in [5, 5.41) is 4.40. The van der Waals surface area contributed by atoms with Gasteiger partial charge in [-0.2, -0.15) is 5.10 Å². The van der Waals surface area contributed by atoms with Crippen LogP contribution in [0, 0.1) is 6.92 Å². The smallest absolute Gasteiger partial charge is 0.189 e. The number of furan rings is 1. The number of hydrogen-bond donors (Lipinski definition) is 0. The van der Waals surface area contributed by atoms with Crippen LogP contribution in [0.3, 0.4) is 0 Å². The van der Waals surface area contributed by atoms with E-state index in [0.717, 1.165) is 0 Å². The Bertz CT molecular complexity index is 1090. The molecule has 0 aliphatic rings. The first-order valence-corrected chi connectivity index (χ1v) is 10.0. The number of hydrogen-bond acceptors (Lipinski definition) is 4. The quantitative estimate of drug-likeness (QED) is 0.159. The predicted molar refractivity (Wildman–Crippen MR) is 116 cm³/mol. The van der Waals surface area contributed by atoms with Crippen molar-refractivity contribution >= 4 is 69.9 Å². The second-order valence-corrected chi connectivity index (χ2v) is 7.88.